The van der Waals surface area contributed by atoms with Crippen molar-refractivity contribution in [3.8, 4) is 22.5 Å². The second-order valence-corrected chi connectivity index (χ2v) is 12.9. The first-order valence-electron chi connectivity index (χ1n) is 16.8. The van der Waals surface area contributed by atoms with Gasteiger partial charge < -0.3 is 13.6 Å². The Morgan fingerprint density at radius 2 is 1.06 bits per heavy atom. The van der Waals surface area contributed by atoms with Gasteiger partial charge in [-0.05, 0) is 59.5 Å². The fourth-order valence-corrected chi connectivity index (χ4v) is 8.15. The monoisotopic (exact) mass is 624 g/mol. The number of fused-ring (bicyclic) bond motifs is 11. The third-order valence-corrected chi connectivity index (χ3v) is 10.3. The van der Waals surface area contributed by atoms with Crippen LogP contribution in [0.4, 0.5) is 0 Å². The van der Waals surface area contributed by atoms with E-state index in [1.54, 1.807) is 0 Å². The third kappa shape index (κ3) is 3.73. The first-order chi connectivity index (χ1) is 24.3. The smallest absolute Gasteiger partial charge is 0.143 e. The van der Waals surface area contributed by atoms with Gasteiger partial charge in [0, 0.05) is 54.6 Å². The average molecular weight is 625 g/mol. The van der Waals surface area contributed by atoms with E-state index in [0.29, 0.717) is 0 Å². The Balaban J connectivity index is 1.23. The lowest BCUT2D eigenvalue weighted by Crippen LogP contribution is -1.96. The van der Waals surface area contributed by atoms with Gasteiger partial charge in [0.2, 0.25) is 0 Å². The molecule has 0 N–H and O–H groups in total. The fraction of sp³-hybridized carbons (Fsp3) is 0. The van der Waals surface area contributed by atoms with E-state index in [9.17, 15) is 0 Å². The van der Waals surface area contributed by atoms with Gasteiger partial charge in [0.05, 0.1) is 22.1 Å². The molecule has 3 heteroatoms. The summed E-state index contributed by atoms with van der Waals surface area (Å²) >= 11 is 0. The van der Waals surface area contributed by atoms with Gasteiger partial charge in [0.15, 0.2) is 0 Å². The van der Waals surface area contributed by atoms with Crippen molar-refractivity contribution < 1.29 is 4.42 Å². The number of hydrogen-bond acceptors (Lipinski definition) is 1. The van der Waals surface area contributed by atoms with Gasteiger partial charge in [-0.3, -0.25) is 0 Å². The third-order valence-electron chi connectivity index (χ3n) is 10.3. The topological polar surface area (TPSA) is 23.0 Å². The van der Waals surface area contributed by atoms with E-state index >= 15 is 0 Å². The highest BCUT2D eigenvalue weighted by Gasteiger charge is 2.20. The normalized spacial score (nSPS) is 12.1. The van der Waals surface area contributed by atoms with E-state index in [0.717, 1.165) is 44.4 Å². The van der Waals surface area contributed by atoms with Crippen molar-refractivity contribution in [2.45, 2.75) is 0 Å². The van der Waals surface area contributed by atoms with Crippen LogP contribution in [0.3, 0.4) is 0 Å². The van der Waals surface area contributed by atoms with Crippen LogP contribution in [0.25, 0.3) is 98.8 Å². The van der Waals surface area contributed by atoms with Gasteiger partial charge in [-0.1, -0.05) is 121 Å². The summed E-state index contributed by atoms with van der Waals surface area (Å²) in [5.74, 6) is 0. The standard InChI is InChI=1S/C46H28N2O/c1-2-14-31(15-3-1)48-43-28-42-39(27-40(43)37-25-24-29-12-4-5-17-33(29)45(37)48)35-18-6-8-22-41(35)47(42)32-16-10-13-30(26-32)34-20-11-21-38-36-19-7-9-23-44(36)49-46(34)38/h1-28H. The molecule has 0 atom stereocenters. The molecule has 0 unspecified atom stereocenters. The quantitative estimate of drug-likeness (QED) is 0.192. The van der Waals surface area contributed by atoms with Crippen LogP contribution < -0.4 is 0 Å². The molecule has 0 amide bonds. The van der Waals surface area contributed by atoms with Crippen LogP contribution in [0.2, 0.25) is 0 Å². The molecular formula is C46H28N2O. The summed E-state index contributed by atoms with van der Waals surface area (Å²) < 4.78 is 11.3. The van der Waals surface area contributed by atoms with Gasteiger partial charge in [0.25, 0.3) is 0 Å². The maximum Gasteiger partial charge on any atom is 0.143 e. The maximum atomic E-state index is 6.46. The molecule has 3 aromatic heterocycles. The minimum atomic E-state index is 0.911. The number of benzene rings is 8. The Kier molecular flexibility index (Phi) is 5.38. The molecule has 0 saturated heterocycles. The van der Waals surface area contributed by atoms with Crippen LogP contribution >= 0.6 is 0 Å². The number of rotatable bonds is 3. The van der Waals surface area contributed by atoms with Crippen LogP contribution in [0.5, 0.6) is 0 Å². The lowest BCUT2D eigenvalue weighted by Gasteiger charge is -2.12. The van der Waals surface area contributed by atoms with Crippen LogP contribution in [-0.2, 0) is 0 Å². The average Bonchev–Trinajstić information content (AvgIpc) is 3.82. The van der Waals surface area contributed by atoms with Crippen molar-refractivity contribution in [1.82, 2.24) is 9.13 Å². The molecule has 0 radical (unpaired) electrons. The maximum absolute atomic E-state index is 6.46. The van der Waals surface area contributed by atoms with Gasteiger partial charge in [-0.25, -0.2) is 0 Å². The lowest BCUT2D eigenvalue weighted by molar-refractivity contribution is 0.670. The van der Waals surface area contributed by atoms with Crippen LogP contribution in [0, 0.1) is 0 Å². The second-order valence-electron chi connectivity index (χ2n) is 12.9. The van der Waals surface area contributed by atoms with Crippen molar-refractivity contribution in [1.29, 1.82) is 0 Å². The first-order valence-corrected chi connectivity index (χ1v) is 16.8. The fourth-order valence-electron chi connectivity index (χ4n) is 8.15. The van der Waals surface area contributed by atoms with Gasteiger partial charge in [0.1, 0.15) is 11.2 Å². The summed E-state index contributed by atoms with van der Waals surface area (Å²) in [4.78, 5) is 0. The molecule has 3 heterocycles. The summed E-state index contributed by atoms with van der Waals surface area (Å²) in [6.07, 6.45) is 0. The van der Waals surface area contributed by atoms with Crippen molar-refractivity contribution in [3.05, 3.63) is 170 Å². The summed E-state index contributed by atoms with van der Waals surface area (Å²) in [7, 11) is 0. The minimum Gasteiger partial charge on any atom is -0.455 e. The SMILES string of the molecule is c1ccc(-n2c3cc4c(cc3c3ccc5ccccc5c32)c2ccccc2n4-c2cccc(-c3cccc4c3oc3ccccc34)c2)cc1. The molecule has 0 fully saturated rings. The van der Waals surface area contributed by atoms with Crippen molar-refractivity contribution >= 4 is 76.3 Å². The van der Waals surface area contributed by atoms with E-state index in [1.165, 1.54) is 54.4 Å². The molecule has 0 aliphatic carbocycles. The predicted molar refractivity (Wildman–Crippen MR) is 205 cm³/mol. The van der Waals surface area contributed by atoms with Crippen molar-refractivity contribution in [2.75, 3.05) is 0 Å². The molecule has 11 aromatic rings. The summed E-state index contributed by atoms with van der Waals surface area (Å²) in [6.45, 7) is 0. The highest BCUT2D eigenvalue weighted by Crippen LogP contribution is 2.42. The van der Waals surface area contributed by atoms with E-state index in [2.05, 4.69) is 167 Å². The van der Waals surface area contributed by atoms with E-state index < -0.39 is 0 Å². The van der Waals surface area contributed by atoms with Crippen LogP contribution in [0.15, 0.2) is 174 Å². The molecule has 8 aromatic carbocycles. The Morgan fingerprint density at radius 1 is 0.367 bits per heavy atom. The second kappa shape index (κ2) is 9.96. The lowest BCUT2D eigenvalue weighted by atomic mass is 10.0. The molecule has 0 saturated carbocycles. The number of nitrogens with zero attached hydrogens (tertiary/aromatic N) is 2. The zero-order chi connectivity index (χ0) is 32.1. The molecule has 11 rings (SSSR count). The minimum absolute atomic E-state index is 0.911. The zero-order valence-corrected chi connectivity index (χ0v) is 26.5. The number of hydrogen-bond donors (Lipinski definition) is 0. The van der Waals surface area contributed by atoms with Crippen LogP contribution in [0.1, 0.15) is 0 Å². The molecule has 0 bridgehead atoms. The summed E-state index contributed by atoms with van der Waals surface area (Å²) in [6, 6.07) is 61.3. The Bertz CT molecular complexity index is 3100. The van der Waals surface area contributed by atoms with E-state index in [4.69, 9.17) is 4.42 Å². The Labute approximate surface area is 281 Å². The number of furan rings is 1. The van der Waals surface area contributed by atoms with Crippen molar-refractivity contribution in [2.24, 2.45) is 0 Å². The van der Waals surface area contributed by atoms with Gasteiger partial charge in [-0.15, -0.1) is 0 Å². The summed E-state index contributed by atoms with van der Waals surface area (Å²) in [5, 5.41) is 9.78. The molecular weight excluding hydrogens is 597 g/mol. The Hall–Kier alpha value is -6.58. The number of aromatic nitrogens is 2. The highest BCUT2D eigenvalue weighted by molar-refractivity contribution is 6.23. The predicted octanol–water partition coefficient (Wildman–Crippen LogP) is 12.6. The van der Waals surface area contributed by atoms with Gasteiger partial charge in [-0.2, -0.15) is 0 Å². The largest absolute Gasteiger partial charge is 0.455 e. The first kappa shape index (κ1) is 26.5. The van der Waals surface area contributed by atoms with Gasteiger partial charge >= 0.3 is 0 Å². The molecule has 0 aliphatic rings. The highest BCUT2D eigenvalue weighted by atomic mass is 16.3. The molecule has 49 heavy (non-hydrogen) atoms. The van der Waals surface area contributed by atoms with Crippen LogP contribution in [-0.4, -0.2) is 9.13 Å². The summed E-state index contributed by atoms with van der Waals surface area (Å²) in [5.41, 5.74) is 11.1. The molecule has 0 spiro atoms. The molecule has 0 aliphatic heterocycles. The number of para-hydroxylation sites is 4. The van der Waals surface area contributed by atoms with Crippen molar-refractivity contribution in [3.63, 3.8) is 0 Å². The zero-order valence-electron chi connectivity index (χ0n) is 26.5. The molecule has 228 valence electrons. The molecule has 3 nitrogen and oxygen atoms in total. The van der Waals surface area contributed by atoms with E-state index in [1.807, 2.05) is 12.1 Å². The van der Waals surface area contributed by atoms with E-state index in [-0.39, 0.29) is 0 Å². The Morgan fingerprint density at radius 3 is 1.98 bits per heavy atom.